The van der Waals surface area contributed by atoms with Gasteiger partial charge in [-0.25, -0.2) is 0 Å². The highest BCUT2D eigenvalue weighted by atomic mass is 35.5. The first-order valence-electron chi connectivity index (χ1n) is 6.22. The van der Waals surface area contributed by atoms with Crippen LogP contribution in [0.4, 0.5) is 0 Å². The Bertz CT molecular complexity index is 405. The van der Waals surface area contributed by atoms with Crippen molar-refractivity contribution in [2.75, 3.05) is 0 Å². The summed E-state index contributed by atoms with van der Waals surface area (Å²) in [5, 5.41) is 3.61. The Morgan fingerprint density at radius 3 is 2.82 bits per heavy atom. The van der Waals surface area contributed by atoms with E-state index in [1.807, 2.05) is 12.1 Å². The molecule has 1 N–H and O–H groups in total. The van der Waals surface area contributed by atoms with E-state index in [1.54, 1.807) is 12.1 Å². The lowest BCUT2D eigenvalue weighted by Gasteiger charge is -2.27. The van der Waals surface area contributed by atoms with E-state index in [1.165, 1.54) is 12.8 Å². The van der Waals surface area contributed by atoms with Crippen LogP contribution in [0.3, 0.4) is 0 Å². The normalized spacial score (nSPS) is 24.4. The van der Waals surface area contributed by atoms with Crippen LogP contribution in [0.15, 0.2) is 24.3 Å². The van der Waals surface area contributed by atoms with Crippen molar-refractivity contribution in [3.8, 4) is 0 Å². The summed E-state index contributed by atoms with van der Waals surface area (Å²) >= 11 is 6.00. The van der Waals surface area contributed by atoms with Gasteiger partial charge in [-0.3, -0.25) is 4.79 Å². The highest BCUT2D eigenvalue weighted by Gasteiger charge is 2.21. The minimum atomic E-state index is -0.0466. The lowest BCUT2D eigenvalue weighted by Crippen LogP contribution is -2.38. The van der Waals surface area contributed by atoms with Gasteiger partial charge in [0.15, 0.2) is 0 Å². The molecule has 2 atom stereocenters. The highest BCUT2D eigenvalue weighted by Crippen LogP contribution is 2.24. The molecule has 92 valence electrons. The number of amides is 1. The maximum Gasteiger partial charge on any atom is 0.253 e. The molecule has 2 rings (SSSR count). The molecule has 2 nitrogen and oxygen atoms in total. The third-order valence-corrected chi connectivity index (χ3v) is 3.72. The number of carbonyl (C=O) groups is 1. The number of halogens is 1. The second kappa shape index (κ2) is 5.54. The molecule has 1 aliphatic carbocycles. The quantitative estimate of drug-likeness (QED) is 0.854. The Labute approximate surface area is 107 Å². The Morgan fingerprint density at radius 2 is 2.12 bits per heavy atom. The van der Waals surface area contributed by atoms with Gasteiger partial charge in [0, 0.05) is 6.04 Å². The zero-order chi connectivity index (χ0) is 12.3. The van der Waals surface area contributed by atoms with E-state index >= 15 is 0 Å². The molecule has 1 fully saturated rings. The lowest BCUT2D eigenvalue weighted by atomic mass is 9.87. The smallest absolute Gasteiger partial charge is 0.253 e. The van der Waals surface area contributed by atoms with E-state index in [0.29, 0.717) is 22.5 Å². The largest absolute Gasteiger partial charge is 0.349 e. The van der Waals surface area contributed by atoms with Crippen LogP contribution >= 0.6 is 11.6 Å². The summed E-state index contributed by atoms with van der Waals surface area (Å²) in [4.78, 5) is 12.0. The fourth-order valence-electron chi connectivity index (χ4n) is 2.47. The summed E-state index contributed by atoms with van der Waals surface area (Å²) in [5.74, 6) is 0.662. The van der Waals surface area contributed by atoms with E-state index in [4.69, 9.17) is 11.6 Å². The van der Waals surface area contributed by atoms with Crippen LogP contribution in [0.2, 0.25) is 5.02 Å². The second-order valence-corrected chi connectivity index (χ2v) is 5.33. The monoisotopic (exact) mass is 251 g/mol. The highest BCUT2D eigenvalue weighted by molar-refractivity contribution is 6.33. The van der Waals surface area contributed by atoms with Gasteiger partial charge >= 0.3 is 0 Å². The van der Waals surface area contributed by atoms with E-state index in [2.05, 4.69) is 12.2 Å². The fourth-order valence-corrected chi connectivity index (χ4v) is 2.70. The van der Waals surface area contributed by atoms with Gasteiger partial charge in [0.25, 0.3) is 5.91 Å². The average molecular weight is 252 g/mol. The van der Waals surface area contributed by atoms with Crippen LogP contribution in [-0.4, -0.2) is 11.9 Å². The third-order valence-electron chi connectivity index (χ3n) is 3.39. The Kier molecular flexibility index (Phi) is 4.06. The summed E-state index contributed by atoms with van der Waals surface area (Å²) in [5.41, 5.74) is 0.576. The number of hydrogen-bond acceptors (Lipinski definition) is 1. The minimum Gasteiger partial charge on any atom is -0.349 e. The number of carbonyl (C=O) groups excluding carboxylic acids is 1. The molecule has 0 aliphatic heterocycles. The zero-order valence-corrected chi connectivity index (χ0v) is 10.8. The van der Waals surface area contributed by atoms with Crippen molar-refractivity contribution >= 4 is 17.5 Å². The van der Waals surface area contributed by atoms with Gasteiger partial charge in [0.05, 0.1) is 10.6 Å². The maximum absolute atomic E-state index is 12.0. The van der Waals surface area contributed by atoms with Crippen molar-refractivity contribution < 1.29 is 4.79 Å². The molecule has 1 aliphatic rings. The van der Waals surface area contributed by atoms with Gasteiger partial charge in [0.1, 0.15) is 0 Å². The number of hydrogen-bond donors (Lipinski definition) is 1. The Balaban J connectivity index is 1.99. The molecule has 0 aromatic heterocycles. The van der Waals surface area contributed by atoms with Crippen molar-refractivity contribution in [1.29, 1.82) is 0 Å². The van der Waals surface area contributed by atoms with E-state index in [9.17, 15) is 4.79 Å². The van der Waals surface area contributed by atoms with E-state index in [0.717, 1.165) is 12.8 Å². The summed E-state index contributed by atoms with van der Waals surface area (Å²) in [6.45, 7) is 2.24. The third kappa shape index (κ3) is 3.22. The van der Waals surface area contributed by atoms with Gasteiger partial charge < -0.3 is 5.32 Å². The van der Waals surface area contributed by atoms with E-state index in [-0.39, 0.29) is 5.91 Å². The molecule has 0 radical (unpaired) electrons. The molecule has 0 spiro atoms. The maximum atomic E-state index is 12.0. The summed E-state index contributed by atoms with van der Waals surface area (Å²) in [6, 6.07) is 7.50. The van der Waals surface area contributed by atoms with Crippen molar-refractivity contribution in [1.82, 2.24) is 5.32 Å². The van der Waals surface area contributed by atoms with Crippen LogP contribution in [0.1, 0.15) is 43.0 Å². The fraction of sp³-hybridized carbons (Fsp3) is 0.500. The molecule has 0 unspecified atom stereocenters. The standard InChI is InChI=1S/C14H18ClNO/c1-10-5-4-6-11(9-10)16-14(17)12-7-2-3-8-13(12)15/h2-3,7-8,10-11H,4-6,9H2,1H3,(H,16,17)/t10-,11+/m1/s1. The molecule has 0 heterocycles. The number of rotatable bonds is 2. The Hall–Kier alpha value is -1.02. The molecule has 17 heavy (non-hydrogen) atoms. The number of nitrogens with one attached hydrogen (secondary N) is 1. The first-order valence-corrected chi connectivity index (χ1v) is 6.60. The second-order valence-electron chi connectivity index (χ2n) is 4.92. The van der Waals surface area contributed by atoms with Crippen molar-refractivity contribution in [2.24, 2.45) is 5.92 Å². The molecule has 1 aromatic carbocycles. The summed E-state index contributed by atoms with van der Waals surface area (Å²) < 4.78 is 0. The molecule has 0 bridgehead atoms. The molecular weight excluding hydrogens is 234 g/mol. The average Bonchev–Trinajstić information content (AvgIpc) is 2.29. The van der Waals surface area contributed by atoms with Gasteiger partial charge in [-0.05, 0) is 30.9 Å². The first-order chi connectivity index (χ1) is 8.16. The SMILES string of the molecule is C[C@@H]1CCC[C@H](NC(=O)c2ccccc2Cl)C1. The van der Waals surface area contributed by atoms with Crippen molar-refractivity contribution in [2.45, 2.75) is 38.6 Å². The molecule has 1 saturated carbocycles. The topological polar surface area (TPSA) is 29.1 Å². The van der Waals surface area contributed by atoms with Gasteiger partial charge in [-0.2, -0.15) is 0 Å². The summed E-state index contributed by atoms with van der Waals surface area (Å²) in [7, 11) is 0. The van der Waals surface area contributed by atoms with Crippen molar-refractivity contribution in [3.63, 3.8) is 0 Å². The van der Waals surface area contributed by atoms with Crippen LogP contribution < -0.4 is 5.32 Å². The molecular formula is C14H18ClNO. The van der Waals surface area contributed by atoms with Gasteiger partial charge in [0.2, 0.25) is 0 Å². The molecule has 1 aromatic rings. The van der Waals surface area contributed by atoms with Crippen LogP contribution in [0.25, 0.3) is 0 Å². The van der Waals surface area contributed by atoms with Gasteiger partial charge in [-0.1, -0.05) is 43.5 Å². The van der Waals surface area contributed by atoms with E-state index < -0.39 is 0 Å². The molecule has 3 heteroatoms. The van der Waals surface area contributed by atoms with Crippen molar-refractivity contribution in [3.05, 3.63) is 34.9 Å². The van der Waals surface area contributed by atoms with Gasteiger partial charge in [-0.15, -0.1) is 0 Å². The summed E-state index contributed by atoms with van der Waals surface area (Å²) in [6.07, 6.45) is 4.64. The van der Waals surface area contributed by atoms with Crippen LogP contribution in [0, 0.1) is 5.92 Å². The van der Waals surface area contributed by atoms with Crippen LogP contribution in [0.5, 0.6) is 0 Å². The first kappa shape index (κ1) is 12.4. The lowest BCUT2D eigenvalue weighted by molar-refractivity contribution is 0.0921. The predicted octanol–water partition coefficient (Wildman–Crippen LogP) is 3.65. The van der Waals surface area contributed by atoms with Crippen LogP contribution in [-0.2, 0) is 0 Å². The Morgan fingerprint density at radius 1 is 1.35 bits per heavy atom. The number of benzene rings is 1. The zero-order valence-electron chi connectivity index (χ0n) is 10.1. The minimum absolute atomic E-state index is 0.0466. The predicted molar refractivity (Wildman–Crippen MR) is 70.3 cm³/mol. The molecule has 1 amide bonds. The molecule has 0 saturated heterocycles.